The number of hydrogen-bond acceptors (Lipinski definition) is 6. The monoisotopic (exact) mass is 606 g/mol. The van der Waals surface area contributed by atoms with Crippen LogP contribution in [0.4, 0.5) is 0 Å². The number of benzene rings is 1. The summed E-state index contributed by atoms with van der Waals surface area (Å²) >= 11 is 14.3. The minimum Gasteiger partial charge on any atom is -0.345 e. The van der Waals surface area contributed by atoms with E-state index in [9.17, 15) is 14.9 Å². The molecule has 1 aliphatic heterocycles. The number of nitriles is 1. The van der Waals surface area contributed by atoms with Crippen LogP contribution < -0.4 is 16.6 Å². The standard InChI is InChI=1S/C30H28Cl2N6O2S/c1-2-10-36-16-24(32)28(39)38(29(36)40)15-21-14-25-27(41-21)22(3-7-35-25)23-13-20(31)12-19-4-11-37(26(19)23)18-30(17-33)5-8-34-9-6-30/h3-4,7,11-14,16,34H,2,5-6,8-10,15,18H2,1H3. The minimum atomic E-state index is -0.506. The molecule has 0 aliphatic carbocycles. The summed E-state index contributed by atoms with van der Waals surface area (Å²) in [6.07, 6.45) is 7.54. The largest absolute Gasteiger partial charge is 0.345 e. The summed E-state index contributed by atoms with van der Waals surface area (Å²) in [5.41, 5.74) is 2.36. The van der Waals surface area contributed by atoms with E-state index in [0.717, 1.165) is 69.5 Å². The van der Waals surface area contributed by atoms with Gasteiger partial charge in [-0.15, -0.1) is 11.3 Å². The lowest BCUT2D eigenvalue weighted by Gasteiger charge is -2.32. The van der Waals surface area contributed by atoms with Gasteiger partial charge in [-0.25, -0.2) is 4.79 Å². The molecule has 0 bridgehead atoms. The smallest absolute Gasteiger partial charge is 0.331 e. The van der Waals surface area contributed by atoms with Gasteiger partial charge in [0.15, 0.2) is 0 Å². The number of piperidine rings is 1. The Kier molecular flexibility index (Phi) is 7.51. The molecule has 5 aromatic rings. The van der Waals surface area contributed by atoms with Crippen molar-refractivity contribution in [2.45, 2.75) is 45.8 Å². The number of aryl methyl sites for hydroxylation is 1. The molecule has 0 saturated carbocycles. The van der Waals surface area contributed by atoms with Crippen LogP contribution in [0.2, 0.25) is 10.0 Å². The van der Waals surface area contributed by atoms with Gasteiger partial charge in [0.05, 0.1) is 33.8 Å². The lowest BCUT2D eigenvalue weighted by atomic mass is 9.80. The van der Waals surface area contributed by atoms with Crippen molar-refractivity contribution in [1.82, 2.24) is 24.0 Å². The van der Waals surface area contributed by atoms with Gasteiger partial charge in [-0.1, -0.05) is 30.1 Å². The molecule has 6 rings (SSSR count). The van der Waals surface area contributed by atoms with Crippen molar-refractivity contribution in [3.8, 4) is 17.2 Å². The number of nitrogens with zero attached hydrogens (tertiary/aromatic N) is 5. The highest BCUT2D eigenvalue weighted by atomic mass is 35.5. The Morgan fingerprint density at radius 3 is 2.68 bits per heavy atom. The Hall–Kier alpha value is -3.42. The van der Waals surface area contributed by atoms with Gasteiger partial charge in [0, 0.05) is 58.1 Å². The zero-order valence-corrected chi connectivity index (χ0v) is 24.8. The zero-order valence-electron chi connectivity index (χ0n) is 22.5. The predicted molar refractivity (Wildman–Crippen MR) is 165 cm³/mol. The molecule has 1 aliphatic rings. The molecule has 1 fully saturated rings. The maximum absolute atomic E-state index is 13.1. The van der Waals surface area contributed by atoms with Crippen LogP contribution in [0.3, 0.4) is 0 Å². The van der Waals surface area contributed by atoms with Gasteiger partial charge in [-0.05, 0) is 62.7 Å². The molecular weight excluding hydrogens is 579 g/mol. The number of thiophene rings is 1. The minimum absolute atomic E-state index is 0.0175. The summed E-state index contributed by atoms with van der Waals surface area (Å²) < 4.78 is 5.77. The molecule has 1 aromatic carbocycles. The molecule has 210 valence electrons. The van der Waals surface area contributed by atoms with E-state index in [-0.39, 0.29) is 17.3 Å². The average Bonchev–Trinajstić information content (AvgIpc) is 3.57. The fourth-order valence-corrected chi connectivity index (χ4v) is 7.36. The summed E-state index contributed by atoms with van der Waals surface area (Å²) in [6, 6.07) is 12.4. The number of halogens is 2. The van der Waals surface area contributed by atoms with Gasteiger partial charge < -0.3 is 9.88 Å². The van der Waals surface area contributed by atoms with E-state index in [1.807, 2.05) is 43.5 Å². The van der Waals surface area contributed by atoms with Crippen molar-refractivity contribution in [2.24, 2.45) is 5.41 Å². The molecular formula is C30H28Cl2N6O2S. The molecule has 41 heavy (non-hydrogen) atoms. The van der Waals surface area contributed by atoms with Crippen LogP contribution in [0.25, 0.3) is 32.2 Å². The second-order valence-electron chi connectivity index (χ2n) is 10.6. The molecule has 1 N–H and O–H groups in total. The van der Waals surface area contributed by atoms with Crippen LogP contribution in [0, 0.1) is 16.7 Å². The van der Waals surface area contributed by atoms with E-state index >= 15 is 0 Å². The highest BCUT2D eigenvalue weighted by molar-refractivity contribution is 7.19. The Bertz CT molecular complexity index is 1940. The van der Waals surface area contributed by atoms with E-state index in [4.69, 9.17) is 23.2 Å². The Morgan fingerprint density at radius 1 is 1.12 bits per heavy atom. The fraction of sp³-hybridized carbons (Fsp3) is 0.333. The Morgan fingerprint density at radius 2 is 1.93 bits per heavy atom. The SMILES string of the molecule is CCCn1cc(Cl)c(=O)n(Cc2cc3nccc(-c4cc(Cl)cc5ccn(CC6(C#N)CCNCC6)c45)c3s2)c1=O. The number of rotatable bonds is 7. The van der Waals surface area contributed by atoms with E-state index in [1.165, 1.54) is 26.7 Å². The first-order valence-corrected chi connectivity index (χ1v) is 15.2. The van der Waals surface area contributed by atoms with Crippen molar-refractivity contribution in [3.63, 3.8) is 0 Å². The molecule has 11 heteroatoms. The Labute approximate surface area is 250 Å². The van der Waals surface area contributed by atoms with Crippen molar-refractivity contribution >= 4 is 55.7 Å². The molecule has 1 saturated heterocycles. The molecule has 0 spiro atoms. The molecule has 0 unspecified atom stereocenters. The zero-order chi connectivity index (χ0) is 28.7. The molecule has 8 nitrogen and oxygen atoms in total. The van der Waals surface area contributed by atoms with Crippen LogP contribution in [0.5, 0.6) is 0 Å². The van der Waals surface area contributed by atoms with E-state index in [2.05, 4.69) is 20.9 Å². The third-order valence-electron chi connectivity index (χ3n) is 7.82. The molecule has 5 heterocycles. The van der Waals surface area contributed by atoms with E-state index in [1.54, 1.807) is 6.20 Å². The summed E-state index contributed by atoms with van der Waals surface area (Å²) in [7, 11) is 0. The van der Waals surface area contributed by atoms with Gasteiger partial charge in [-0.2, -0.15) is 5.26 Å². The summed E-state index contributed by atoms with van der Waals surface area (Å²) in [4.78, 5) is 31.3. The van der Waals surface area contributed by atoms with Crippen LogP contribution in [0.15, 0.2) is 58.5 Å². The quantitative estimate of drug-likeness (QED) is 0.249. The van der Waals surface area contributed by atoms with E-state index < -0.39 is 11.0 Å². The first kappa shape index (κ1) is 27.7. The maximum Gasteiger partial charge on any atom is 0.331 e. The van der Waals surface area contributed by atoms with Crippen LogP contribution >= 0.6 is 34.5 Å². The lowest BCUT2D eigenvalue weighted by Crippen LogP contribution is -2.39. The summed E-state index contributed by atoms with van der Waals surface area (Å²) in [6.45, 7) is 4.79. The normalized spacial score (nSPS) is 15.0. The van der Waals surface area contributed by atoms with Gasteiger partial charge >= 0.3 is 5.69 Å². The number of aromatic nitrogens is 4. The fourth-order valence-electron chi connectivity index (χ4n) is 5.78. The third kappa shape index (κ3) is 5.10. The van der Waals surface area contributed by atoms with E-state index in [0.29, 0.717) is 18.1 Å². The van der Waals surface area contributed by atoms with Crippen LogP contribution in [-0.2, 0) is 19.6 Å². The highest BCUT2D eigenvalue weighted by Gasteiger charge is 2.33. The second-order valence-corrected chi connectivity index (χ2v) is 12.6. The van der Waals surface area contributed by atoms with Gasteiger partial charge in [0.25, 0.3) is 5.56 Å². The van der Waals surface area contributed by atoms with Crippen molar-refractivity contribution in [2.75, 3.05) is 13.1 Å². The number of nitrogens with one attached hydrogen (secondary N) is 1. The molecule has 4 aromatic heterocycles. The molecule has 0 radical (unpaired) electrons. The van der Waals surface area contributed by atoms with Gasteiger partial charge in [0.2, 0.25) is 0 Å². The van der Waals surface area contributed by atoms with Gasteiger partial charge in [-0.3, -0.25) is 18.9 Å². The first-order chi connectivity index (χ1) is 19.8. The summed E-state index contributed by atoms with van der Waals surface area (Å²) in [5.74, 6) is 0. The maximum atomic E-state index is 13.1. The van der Waals surface area contributed by atoms with Gasteiger partial charge in [0.1, 0.15) is 5.02 Å². The molecule has 0 amide bonds. The highest BCUT2D eigenvalue weighted by Crippen LogP contribution is 2.40. The Balaban J connectivity index is 1.46. The topological polar surface area (TPSA) is 97.6 Å². The number of fused-ring (bicyclic) bond motifs is 2. The predicted octanol–water partition coefficient (Wildman–Crippen LogP) is 5.90. The lowest BCUT2D eigenvalue weighted by molar-refractivity contribution is 0.247. The number of hydrogen-bond donors (Lipinski definition) is 1. The average molecular weight is 608 g/mol. The number of pyridine rings is 1. The second kappa shape index (κ2) is 11.1. The first-order valence-electron chi connectivity index (χ1n) is 13.6. The van der Waals surface area contributed by atoms with Crippen molar-refractivity contribution in [1.29, 1.82) is 5.26 Å². The van der Waals surface area contributed by atoms with Crippen LogP contribution in [-0.4, -0.2) is 31.8 Å². The molecule has 0 atom stereocenters. The van der Waals surface area contributed by atoms with Crippen LogP contribution in [0.1, 0.15) is 31.1 Å². The van der Waals surface area contributed by atoms with Crippen molar-refractivity contribution in [3.05, 3.63) is 84.7 Å². The summed E-state index contributed by atoms with van der Waals surface area (Å²) in [5, 5.41) is 15.1. The van der Waals surface area contributed by atoms with Crippen molar-refractivity contribution < 1.29 is 0 Å². The third-order valence-corrected chi connectivity index (χ3v) is 9.44.